The molecule has 0 atom stereocenters. The molecule has 1 fully saturated rings. The van der Waals surface area contributed by atoms with Gasteiger partial charge < -0.3 is 10.7 Å². The Morgan fingerprint density at radius 2 is 2.20 bits per heavy atom. The number of fused-ring (bicyclic) bond motifs is 1. The van der Waals surface area contributed by atoms with Gasteiger partial charge >= 0.3 is 0 Å². The standard InChI is InChI=1S/C14H13ClN4S/c15-8-3-1-4-9-11(8)20-12(18-9)10-7-17-13(19-10)14(16)5-2-6-14/h1,3-4,7H,2,5-6,16H2,(H,17,19). The van der Waals surface area contributed by atoms with Crippen LogP contribution in [0.1, 0.15) is 25.1 Å². The summed E-state index contributed by atoms with van der Waals surface area (Å²) in [6, 6.07) is 5.76. The molecule has 0 aliphatic heterocycles. The van der Waals surface area contributed by atoms with Gasteiger partial charge in [0.05, 0.1) is 32.7 Å². The fraction of sp³-hybridized carbons (Fsp3) is 0.286. The van der Waals surface area contributed by atoms with Gasteiger partial charge in [0.25, 0.3) is 0 Å². The molecule has 1 aliphatic carbocycles. The highest BCUT2D eigenvalue weighted by molar-refractivity contribution is 7.22. The molecule has 4 nitrogen and oxygen atoms in total. The summed E-state index contributed by atoms with van der Waals surface area (Å²) in [6.45, 7) is 0. The maximum atomic E-state index is 6.28. The molecule has 0 saturated heterocycles. The number of imidazole rings is 1. The number of nitrogens with two attached hydrogens (primary N) is 1. The van der Waals surface area contributed by atoms with Gasteiger partial charge in [0.2, 0.25) is 0 Å². The maximum absolute atomic E-state index is 6.28. The highest BCUT2D eigenvalue weighted by Crippen LogP contribution is 2.39. The second-order valence-electron chi connectivity index (χ2n) is 5.26. The van der Waals surface area contributed by atoms with Gasteiger partial charge in [-0.05, 0) is 31.4 Å². The quantitative estimate of drug-likeness (QED) is 0.759. The van der Waals surface area contributed by atoms with E-state index in [2.05, 4.69) is 15.0 Å². The number of hydrogen-bond acceptors (Lipinski definition) is 4. The van der Waals surface area contributed by atoms with Crippen molar-refractivity contribution in [2.75, 3.05) is 0 Å². The van der Waals surface area contributed by atoms with Gasteiger partial charge in [-0.1, -0.05) is 17.7 Å². The van der Waals surface area contributed by atoms with Gasteiger partial charge in [-0.3, -0.25) is 0 Å². The van der Waals surface area contributed by atoms with Crippen LogP contribution >= 0.6 is 22.9 Å². The molecule has 0 radical (unpaired) electrons. The van der Waals surface area contributed by atoms with Crippen molar-refractivity contribution in [3.8, 4) is 10.7 Å². The number of halogens is 1. The third kappa shape index (κ3) is 1.78. The Kier molecular flexibility index (Phi) is 2.64. The molecule has 4 rings (SSSR count). The largest absolute Gasteiger partial charge is 0.338 e. The number of thiazole rings is 1. The van der Waals surface area contributed by atoms with Crippen molar-refractivity contribution in [2.45, 2.75) is 24.8 Å². The Morgan fingerprint density at radius 1 is 1.35 bits per heavy atom. The Morgan fingerprint density at radius 3 is 2.90 bits per heavy atom. The minimum atomic E-state index is -0.271. The molecule has 102 valence electrons. The number of H-pyrrole nitrogens is 1. The van der Waals surface area contributed by atoms with Gasteiger partial charge in [-0.25, -0.2) is 9.97 Å². The van der Waals surface area contributed by atoms with E-state index in [9.17, 15) is 0 Å². The van der Waals surface area contributed by atoms with Crippen molar-refractivity contribution in [3.05, 3.63) is 35.2 Å². The third-order valence-electron chi connectivity index (χ3n) is 3.89. The fourth-order valence-corrected chi connectivity index (χ4v) is 3.73. The summed E-state index contributed by atoms with van der Waals surface area (Å²) in [5, 5.41) is 1.63. The second kappa shape index (κ2) is 4.28. The van der Waals surface area contributed by atoms with Gasteiger partial charge in [0, 0.05) is 0 Å². The van der Waals surface area contributed by atoms with Crippen molar-refractivity contribution in [3.63, 3.8) is 0 Å². The van der Waals surface area contributed by atoms with Crippen LogP contribution in [0, 0.1) is 0 Å². The van der Waals surface area contributed by atoms with Crippen molar-refractivity contribution < 1.29 is 0 Å². The van der Waals surface area contributed by atoms with Gasteiger partial charge in [0.15, 0.2) is 0 Å². The number of aromatic amines is 1. The topological polar surface area (TPSA) is 67.6 Å². The minimum Gasteiger partial charge on any atom is -0.338 e. The number of rotatable bonds is 2. The van der Waals surface area contributed by atoms with Gasteiger partial charge in [-0.2, -0.15) is 0 Å². The SMILES string of the molecule is NC1(c2ncc(-c3nc4cccc(Cl)c4s3)[nH]2)CCC1. The molecule has 6 heteroatoms. The molecule has 20 heavy (non-hydrogen) atoms. The summed E-state index contributed by atoms with van der Waals surface area (Å²) in [5.41, 5.74) is 7.84. The van der Waals surface area contributed by atoms with Crippen LogP contribution in [0.15, 0.2) is 24.4 Å². The molecule has 0 unspecified atom stereocenters. The van der Waals surface area contributed by atoms with Crippen molar-refractivity contribution in [2.24, 2.45) is 5.73 Å². The van der Waals surface area contributed by atoms with E-state index in [0.717, 1.165) is 44.6 Å². The zero-order valence-corrected chi connectivity index (χ0v) is 12.3. The molecule has 0 spiro atoms. The first-order chi connectivity index (χ1) is 9.66. The van der Waals surface area contributed by atoms with E-state index in [0.29, 0.717) is 0 Å². The molecule has 2 aromatic heterocycles. The monoisotopic (exact) mass is 304 g/mol. The van der Waals surface area contributed by atoms with E-state index in [4.69, 9.17) is 17.3 Å². The Balaban J connectivity index is 1.77. The molecule has 1 aliphatic rings. The summed E-state index contributed by atoms with van der Waals surface area (Å²) >= 11 is 7.76. The lowest BCUT2D eigenvalue weighted by molar-refractivity contribution is 0.240. The molecular weight excluding hydrogens is 292 g/mol. The van der Waals surface area contributed by atoms with E-state index >= 15 is 0 Å². The van der Waals surface area contributed by atoms with Crippen LogP contribution in [-0.2, 0) is 5.54 Å². The van der Waals surface area contributed by atoms with Crippen LogP contribution in [0.25, 0.3) is 20.9 Å². The Hall–Kier alpha value is -1.43. The molecule has 1 saturated carbocycles. The van der Waals surface area contributed by atoms with Crippen molar-refractivity contribution in [1.29, 1.82) is 0 Å². The predicted octanol–water partition coefficient (Wildman–Crippen LogP) is 3.68. The smallest absolute Gasteiger partial charge is 0.142 e. The number of nitrogens with one attached hydrogen (secondary N) is 1. The third-order valence-corrected chi connectivity index (χ3v) is 5.46. The zero-order chi connectivity index (χ0) is 13.7. The van der Waals surface area contributed by atoms with Gasteiger partial charge in [-0.15, -0.1) is 11.3 Å². The van der Waals surface area contributed by atoms with Crippen LogP contribution < -0.4 is 5.73 Å². The second-order valence-corrected chi connectivity index (χ2v) is 6.67. The summed E-state index contributed by atoms with van der Waals surface area (Å²) in [7, 11) is 0. The van der Waals surface area contributed by atoms with Crippen LogP contribution in [0.4, 0.5) is 0 Å². The minimum absolute atomic E-state index is 0.271. The van der Waals surface area contributed by atoms with Crippen LogP contribution in [0.2, 0.25) is 5.02 Å². The molecule has 0 bridgehead atoms. The molecular formula is C14H13ClN4S. The summed E-state index contributed by atoms with van der Waals surface area (Å²) in [6.07, 6.45) is 4.97. The summed E-state index contributed by atoms with van der Waals surface area (Å²) in [4.78, 5) is 12.4. The molecule has 0 amide bonds. The lowest BCUT2D eigenvalue weighted by Gasteiger charge is -2.35. The van der Waals surface area contributed by atoms with Crippen molar-refractivity contribution >= 4 is 33.2 Å². The summed E-state index contributed by atoms with van der Waals surface area (Å²) in [5.74, 6) is 0.865. The molecule has 3 N–H and O–H groups in total. The van der Waals surface area contributed by atoms with Crippen LogP contribution in [-0.4, -0.2) is 15.0 Å². The maximum Gasteiger partial charge on any atom is 0.142 e. The number of nitrogens with zero attached hydrogens (tertiary/aromatic N) is 2. The van der Waals surface area contributed by atoms with E-state index < -0.39 is 0 Å². The number of benzene rings is 1. The predicted molar refractivity (Wildman–Crippen MR) is 81.9 cm³/mol. The lowest BCUT2D eigenvalue weighted by Crippen LogP contribution is -2.44. The summed E-state index contributed by atoms with van der Waals surface area (Å²) < 4.78 is 1.01. The lowest BCUT2D eigenvalue weighted by atomic mass is 9.77. The normalized spacial score (nSPS) is 17.3. The van der Waals surface area contributed by atoms with E-state index in [1.165, 1.54) is 6.42 Å². The first kappa shape index (κ1) is 12.3. The molecule has 3 aromatic rings. The van der Waals surface area contributed by atoms with Gasteiger partial charge in [0.1, 0.15) is 10.8 Å². The Labute approximate surface area is 125 Å². The van der Waals surface area contributed by atoms with Crippen LogP contribution in [0.5, 0.6) is 0 Å². The first-order valence-corrected chi connectivity index (χ1v) is 7.75. The van der Waals surface area contributed by atoms with Crippen LogP contribution in [0.3, 0.4) is 0 Å². The van der Waals surface area contributed by atoms with E-state index in [-0.39, 0.29) is 5.54 Å². The number of aromatic nitrogens is 3. The van der Waals surface area contributed by atoms with E-state index in [1.54, 1.807) is 11.3 Å². The Bertz CT molecular complexity index is 787. The fourth-order valence-electron chi connectivity index (χ4n) is 2.51. The highest BCUT2D eigenvalue weighted by atomic mass is 35.5. The van der Waals surface area contributed by atoms with Crippen molar-refractivity contribution in [1.82, 2.24) is 15.0 Å². The van der Waals surface area contributed by atoms with E-state index in [1.807, 2.05) is 24.4 Å². The first-order valence-electron chi connectivity index (χ1n) is 6.55. The average Bonchev–Trinajstić information content (AvgIpc) is 3.02. The highest BCUT2D eigenvalue weighted by Gasteiger charge is 2.37. The number of hydrogen-bond donors (Lipinski definition) is 2. The molecule has 2 heterocycles. The molecule has 1 aromatic carbocycles. The average molecular weight is 305 g/mol. The zero-order valence-electron chi connectivity index (χ0n) is 10.7.